The Morgan fingerprint density at radius 3 is 2.27 bits per heavy atom. The number of carboxylic acids is 1. The van der Waals surface area contributed by atoms with Crippen molar-refractivity contribution in [3.05, 3.63) is 52.6 Å². The number of carbonyl (C=O) groups excluding carboxylic acids is 1. The maximum atomic E-state index is 13.5. The standard InChI is InChI=1S/C14H11F2N3O3/c1-6-7(2)18-12(14(21)22)11(17-6)13(20)19-10-5-8(15)3-4-9(10)16/h3-5H,1-2H3,(H,19,20)(H,21,22). The molecule has 22 heavy (non-hydrogen) atoms. The summed E-state index contributed by atoms with van der Waals surface area (Å²) in [6.45, 7) is 3.09. The number of carbonyl (C=O) groups is 2. The van der Waals surface area contributed by atoms with Crippen molar-refractivity contribution in [2.24, 2.45) is 0 Å². The number of benzene rings is 1. The lowest BCUT2D eigenvalue weighted by Gasteiger charge is -2.09. The SMILES string of the molecule is Cc1nc(C(=O)O)c(C(=O)Nc2cc(F)ccc2F)nc1C. The number of hydrogen-bond donors (Lipinski definition) is 2. The lowest BCUT2D eigenvalue weighted by Crippen LogP contribution is -2.21. The van der Waals surface area contributed by atoms with Gasteiger partial charge in [0.15, 0.2) is 11.4 Å². The molecule has 0 radical (unpaired) electrons. The fraction of sp³-hybridized carbons (Fsp3) is 0.143. The zero-order chi connectivity index (χ0) is 16.4. The van der Waals surface area contributed by atoms with Crippen LogP contribution in [0.5, 0.6) is 0 Å². The second kappa shape index (κ2) is 5.84. The molecular weight excluding hydrogens is 296 g/mol. The molecule has 1 heterocycles. The van der Waals surface area contributed by atoms with Gasteiger partial charge in [0.2, 0.25) is 0 Å². The first kappa shape index (κ1) is 15.5. The fourth-order valence-corrected chi connectivity index (χ4v) is 1.69. The summed E-state index contributed by atoms with van der Waals surface area (Å²) in [4.78, 5) is 30.9. The summed E-state index contributed by atoms with van der Waals surface area (Å²) in [6.07, 6.45) is 0. The van der Waals surface area contributed by atoms with Gasteiger partial charge in [-0.15, -0.1) is 0 Å². The smallest absolute Gasteiger partial charge is 0.356 e. The molecule has 0 saturated carbocycles. The number of rotatable bonds is 3. The quantitative estimate of drug-likeness (QED) is 0.908. The van der Waals surface area contributed by atoms with E-state index in [4.69, 9.17) is 5.11 Å². The molecule has 1 amide bonds. The van der Waals surface area contributed by atoms with Crippen LogP contribution in [0.15, 0.2) is 18.2 Å². The Kier molecular flexibility index (Phi) is 4.11. The molecule has 0 saturated heterocycles. The van der Waals surface area contributed by atoms with Crippen molar-refractivity contribution in [2.75, 3.05) is 5.32 Å². The minimum absolute atomic E-state index is 0.353. The number of anilines is 1. The molecule has 0 unspecified atom stereocenters. The number of carboxylic acid groups (broad SMARTS) is 1. The number of nitrogens with zero attached hydrogens (tertiary/aromatic N) is 2. The van der Waals surface area contributed by atoms with Crippen molar-refractivity contribution in [3.63, 3.8) is 0 Å². The van der Waals surface area contributed by atoms with Gasteiger partial charge in [0.25, 0.3) is 5.91 Å². The van der Waals surface area contributed by atoms with Gasteiger partial charge >= 0.3 is 5.97 Å². The van der Waals surface area contributed by atoms with E-state index < -0.39 is 40.6 Å². The molecule has 2 rings (SSSR count). The summed E-state index contributed by atoms with van der Waals surface area (Å²) >= 11 is 0. The molecule has 1 aromatic carbocycles. The molecule has 6 nitrogen and oxygen atoms in total. The van der Waals surface area contributed by atoms with Gasteiger partial charge in [-0.2, -0.15) is 0 Å². The van der Waals surface area contributed by atoms with Crippen LogP contribution in [0.4, 0.5) is 14.5 Å². The fourth-order valence-electron chi connectivity index (χ4n) is 1.69. The number of amides is 1. The molecular formula is C14H11F2N3O3. The molecule has 0 aliphatic heterocycles. The highest BCUT2D eigenvalue weighted by Crippen LogP contribution is 2.17. The molecule has 0 aliphatic rings. The lowest BCUT2D eigenvalue weighted by atomic mass is 10.2. The molecule has 8 heteroatoms. The topological polar surface area (TPSA) is 92.2 Å². The highest BCUT2D eigenvalue weighted by atomic mass is 19.1. The highest BCUT2D eigenvalue weighted by molar-refractivity contribution is 6.08. The Bertz CT molecular complexity index is 778. The van der Waals surface area contributed by atoms with E-state index >= 15 is 0 Å². The van der Waals surface area contributed by atoms with Gasteiger partial charge in [-0.1, -0.05) is 0 Å². The summed E-state index contributed by atoms with van der Waals surface area (Å²) in [7, 11) is 0. The Balaban J connectivity index is 2.43. The zero-order valence-corrected chi connectivity index (χ0v) is 11.6. The van der Waals surface area contributed by atoms with Crippen molar-refractivity contribution >= 4 is 17.6 Å². The summed E-state index contributed by atoms with van der Waals surface area (Å²) in [5.74, 6) is -4.04. The third-order valence-corrected chi connectivity index (χ3v) is 2.90. The van der Waals surface area contributed by atoms with Crippen molar-refractivity contribution in [1.29, 1.82) is 0 Å². The minimum atomic E-state index is -1.44. The van der Waals surface area contributed by atoms with Gasteiger partial charge < -0.3 is 10.4 Å². The molecule has 0 atom stereocenters. The first-order chi connectivity index (χ1) is 10.3. The average Bonchev–Trinajstić information content (AvgIpc) is 2.45. The maximum absolute atomic E-state index is 13.5. The van der Waals surface area contributed by atoms with Gasteiger partial charge in [-0.25, -0.2) is 23.5 Å². The minimum Gasteiger partial charge on any atom is -0.476 e. The summed E-state index contributed by atoms with van der Waals surface area (Å²) in [5.41, 5.74) is -0.737. The number of hydrogen-bond acceptors (Lipinski definition) is 4. The Labute approximate surface area is 123 Å². The molecule has 114 valence electrons. The van der Waals surface area contributed by atoms with Crippen LogP contribution < -0.4 is 5.32 Å². The van der Waals surface area contributed by atoms with E-state index in [0.717, 1.165) is 18.2 Å². The summed E-state index contributed by atoms with van der Waals surface area (Å²) in [5, 5.41) is 11.2. The van der Waals surface area contributed by atoms with Crippen LogP contribution in [0, 0.1) is 25.5 Å². The average molecular weight is 307 g/mol. The number of aromatic carboxylic acids is 1. The van der Waals surface area contributed by atoms with Crippen LogP contribution in [0.25, 0.3) is 0 Å². The van der Waals surface area contributed by atoms with Crippen molar-refractivity contribution in [3.8, 4) is 0 Å². The summed E-state index contributed by atoms with van der Waals surface area (Å²) < 4.78 is 26.6. The van der Waals surface area contributed by atoms with Crippen LogP contribution in [0.2, 0.25) is 0 Å². The first-order valence-corrected chi connectivity index (χ1v) is 6.14. The van der Waals surface area contributed by atoms with Crippen molar-refractivity contribution < 1.29 is 23.5 Å². The lowest BCUT2D eigenvalue weighted by molar-refractivity contribution is 0.0684. The van der Waals surface area contributed by atoms with E-state index in [1.807, 2.05) is 0 Å². The van der Waals surface area contributed by atoms with Crippen LogP contribution in [-0.4, -0.2) is 27.0 Å². The van der Waals surface area contributed by atoms with Gasteiger partial charge in [0, 0.05) is 6.07 Å². The number of aromatic nitrogens is 2. The molecule has 2 aromatic rings. The monoisotopic (exact) mass is 307 g/mol. The van der Waals surface area contributed by atoms with Crippen molar-refractivity contribution in [1.82, 2.24) is 9.97 Å². The largest absolute Gasteiger partial charge is 0.476 e. The molecule has 0 bridgehead atoms. The highest BCUT2D eigenvalue weighted by Gasteiger charge is 2.22. The Morgan fingerprint density at radius 1 is 1.09 bits per heavy atom. The zero-order valence-electron chi connectivity index (χ0n) is 11.6. The number of nitrogens with one attached hydrogen (secondary N) is 1. The van der Waals surface area contributed by atoms with Gasteiger partial charge in [0.1, 0.15) is 11.6 Å². The number of aryl methyl sites for hydroxylation is 2. The van der Waals surface area contributed by atoms with Gasteiger partial charge in [0.05, 0.1) is 17.1 Å². The third-order valence-electron chi connectivity index (χ3n) is 2.90. The van der Waals surface area contributed by atoms with Crippen LogP contribution >= 0.6 is 0 Å². The van der Waals surface area contributed by atoms with E-state index in [2.05, 4.69) is 15.3 Å². The van der Waals surface area contributed by atoms with Crippen LogP contribution in [-0.2, 0) is 0 Å². The van der Waals surface area contributed by atoms with E-state index in [9.17, 15) is 18.4 Å². The van der Waals surface area contributed by atoms with E-state index in [1.54, 1.807) is 13.8 Å². The van der Waals surface area contributed by atoms with E-state index in [0.29, 0.717) is 11.4 Å². The predicted molar refractivity (Wildman–Crippen MR) is 72.8 cm³/mol. The van der Waals surface area contributed by atoms with E-state index in [1.165, 1.54) is 0 Å². The maximum Gasteiger partial charge on any atom is 0.356 e. The Morgan fingerprint density at radius 2 is 1.68 bits per heavy atom. The van der Waals surface area contributed by atoms with Crippen molar-refractivity contribution in [2.45, 2.75) is 13.8 Å². The third kappa shape index (κ3) is 3.05. The Hall–Kier alpha value is -2.90. The number of halogens is 2. The van der Waals surface area contributed by atoms with Gasteiger partial charge in [-0.3, -0.25) is 4.79 Å². The van der Waals surface area contributed by atoms with Crippen LogP contribution in [0.1, 0.15) is 32.4 Å². The van der Waals surface area contributed by atoms with Crippen LogP contribution in [0.3, 0.4) is 0 Å². The molecule has 0 aliphatic carbocycles. The predicted octanol–water partition coefficient (Wildman–Crippen LogP) is 2.32. The normalized spacial score (nSPS) is 10.4. The molecule has 0 spiro atoms. The molecule has 2 N–H and O–H groups in total. The van der Waals surface area contributed by atoms with E-state index in [-0.39, 0.29) is 0 Å². The second-order valence-corrected chi connectivity index (χ2v) is 4.48. The van der Waals surface area contributed by atoms with Gasteiger partial charge in [-0.05, 0) is 26.0 Å². The summed E-state index contributed by atoms with van der Waals surface area (Å²) in [6, 6.07) is 2.51. The second-order valence-electron chi connectivity index (χ2n) is 4.48. The molecule has 1 aromatic heterocycles. The first-order valence-electron chi connectivity index (χ1n) is 6.14. The molecule has 0 fully saturated rings.